The first-order valence-electron chi connectivity index (χ1n) is 16.3. The summed E-state index contributed by atoms with van der Waals surface area (Å²) in [5.41, 5.74) is 0. The molecule has 0 saturated carbocycles. The van der Waals surface area contributed by atoms with Gasteiger partial charge < -0.3 is 14.5 Å². The Morgan fingerprint density at radius 1 is 0.718 bits per heavy atom. The molecule has 1 unspecified atom stereocenters. The lowest BCUT2D eigenvalue weighted by atomic mass is 10.1. The molecule has 0 saturated heterocycles. The molecule has 0 bridgehead atoms. The van der Waals surface area contributed by atoms with Crippen LogP contribution in [0.2, 0.25) is 0 Å². The van der Waals surface area contributed by atoms with E-state index in [9.17, 15) is 9.59 Å². The number of amides is 1. The van der Waals surface area contributed by atoms with E-state index >= 15 is 0 Å². The van der Waals surface area contributed by atoms with Gasteiger partial charge in [0.25, 0.3) is 5.24 Å². The molecular formula is C33H64N2O3S. The molecule has 0 aliphatic carbocycles. The molecule has 0 N–H and O–H groups in total. The van der Waals surface area contributed by atoms with E-state index in [1.54, 1.807) is 0 Å². The number of unbranched alkanes of at least 4 members (excludes halogenated alkanes) is 15. The number of hydrogen-bond acceptors (Lipinski definition) is 5. The highest BCUT2D eigenvalue weighted by molar-refractivity contribution is 8.13. The van der Waals surface area contributed by atoms with E-state index in [-0.39, 0.29) is 11.2 Å². The van der Waals surface area contributed by atoms with Crippen LogP contribution in [0, 0.1) is 0 Å². The van der Waals surface area contributed by atoms with Crippen molar-refractivity contribution in [3.05, 3.63) is 12.2 Å². The van der Waals surface area contributed by atoms with Crippen molar-refractivity contribution in [2.75, 3.05) is 39.5 Å². The van der Waals surface area contributed by atoms with Gasteiger partial charge in [0.2, 0.25) is 0 Å². The van der Waals surface area contributed by atoms with Gasteiger partial charge in [0, 0.05) is 31.3 Å². The third kappa shape index (κ3) is 25.7. The molecule has 0 rings (SSSR count). The minimum absolute atomic E-state index is 0.0863. The Morgan fingerprint density at radius 3 is 1.79 bits per heavy atom. The fourth-order valence-corrected chi connectivity index (χ4v) is 5.40. The summed E-state index contributed by atoms with van der Waals surface area (Å²) in [5, 5.41) is 0.240. The van der Waals surface area contributed by atoms with Crippen molar-refractivity contribution < 1.29 is 14.3 Å². The Kier molecular flexibility index (Phi) is 27.8. The SMILES string of the molecule is CCCCCCC=CCOC(=O)CCCCCCCN(CCCCCCCCCC)C(=O)SCC(C)N(C)C. The molecule has 0 spiro atoms. The van der Waals surface area contributed by atoms with Crippen molar-refractivity contribution in [1.82, 2.24) is 9.80 Å². The maximum atomic E-state index is 13.0. The van der Waals surface area contributed by atoms with Crippen LogP contribution in [-0.2, 0) is 9.53 Å². The van der Waals surface area contributed by atoms with Gasteiger partial charge in [0.1, 0.15) is 6.61 Å². The predicted octanol–water partition coefficient (Wildman–Crippen LogP) is 9.64. The van der Waals surface area contributed by atoms with Crippen LogP contribution >= 0.6 is 11.8 Å². The summed E-state index contributed by atoms with van der Waals surface area (Å²) in [6.45, 7) is 8.79. The Balaban J connectivity index is 4.09. The molecule has 0 aromatic rings. The van der Waals surface area contributed by atoms with Crippen molar-refractivity contribution >= 4 is 23.0 Å². The zero-order valence-electron chi connectivity index (χ0n) is 26.5. The molecule has 1 atom stereocenters. The van der Waals surface area contributed by atoms with Gasteiger partial charge in [-0.25, -0.2) is 0 Å². The van der Waals surface area contributed by atoms with Crippen LogP contribution in [0.5, 0.6) is 0 Å². The first kappa shape index (κ1) is 38.0. The largest absolute Gasteiger partial charge is 0.461 e. The smallest absolute Gasteiger partial charge is 0.306 e. The first-order chi connectivity index (χ1) is 18.9. The van der Waals surface area contributed by atoms with Gasteiger partial charge in [0.15, 0.2) is 0 Å². The van der Waals surface area contributed by atoms with E-state index in [4.69, 9.17) is 4.74 Å². The van der Waals surface area contributed by atoms with E-state index in [1.807, 2.05) is 6.08 Å². The zero-order chi connectivity index (χ0) is 29.0. The predicted molar refractivity (Wildman–Crippen MR) is 172 cm³/mol. The highest BCUT2D eigenvalue weighted by atomic mass is 32.2. The first-order valence-corrected chi connectivity index (χ1v) is 17.3. The van der Waals surface area contributed by atoms with E-state index in [2.05, 4.69) is 50.7 Å². The van der Waals surface area contributed by atoms with Crippen LogP contribution in [0.15, 0.2) is 12.2 Å². The van der Waals surface area contributed by atoms with E-state index in [0.717, 1.165) is 63.8 Å². The minimum atomic E-state index is -0.0863. The van der Waals surface area contributed by atoms with Crippen LogP contribution in [0.4, 0.5) is 4.79 Å². The summed E-state index contributed by atoms with van der Waals surface area (Å²) >= 11 is 1.48. The standard InChI is InChI=1S/C33H64N2O3S/c1-6-8-10-12-14-15-19-23-27-35(33(37)39-30-31(3)34(4)5)28-24-20-17-18-22-26-32(36)38-29-25-21-16-13-11-9-7-2/h21,25,31H,6-20,22-24,26-30H2,1-5H3. The van der Waals surface area contributed by atoms with Gasteiger partial charge in [-0.15, -0.1) is 0 Å². The molecule has 0 fully saturated rings. The molecule has 0 aromatic heterocycles. The van der Waals surface area contributed by atoms with Crippen molar-refractivity contribution in [1.29, 1.82) is 0 Å². The van der Waals surface area contributed by atoms with Crippen LogP contribution < -0.4 is 0 Å². The van der Waals surface area contributed by atoms with E-state index in [0.29, 0.717) is 19.1 Å². The van der Waals surface area contributed by atoms with Gasteiger partial charge in [-0.2, -0.15) is 0 Å². The van der Waals surface area contributed by atoms with Crippen molar-refractivity contribution in [2.24, 2.45) is 0 Å². The van der Waals surface area contributed by atoms with E-state index < -0.39 is 0 Å². The third-order valence-corrected chi connectivity index (χ3v) is 8.56. The second-order valence-electron chi connectivity index (χ2n) is 11.4. The molecule has 0 aliphatic rings. The highest BCUT2D eigenvalue weighted by Gasteiger charge is 2.16. The van der Waals surface area contributed by atoms with Gasteiger partial charge in [-0.05, 0) is 53.1 Å². The number of carbonyl (C=O) groups is 2. The summed E-state index contributed by atoms with van der Waals surface area (Å²) in [4.78, 5) is 29.1. The number of thioether (sulfide) groups is 1. The number of carbonyl (C=O) groups excluding carboxylic acids is 2. The quantitative estimate of drug-likeness (QED) is 0.0561. The number of rotatable bonds is 27. The Bertz CT molecular complexity index is 597. The number of ether oxygens (including phenoxy) is 1. The number of allylic oxidation sites excluding steroid dienone is 1. The number of hydrogen-bond donors (Lipinski definition) is 0. The molecule has 6 heteroatoms. The second-order valence-corrected chi connectivity index (χ2v) is 12.3. The molecule has 0 radical (unpaired) electrons. The third-order valence-electron chi connectivity index (χ3n) is 7.41. The monoisotopic (exact) mass is 568 g/mol. The molecule has 0 aliphatic heterocycles. The van der Waals surface area contributed by atoms with Crippen molar-refractivity contribution in [2.45, 2.75) is 149 Å². The lowest BCUT2D eigenvalue weighted by molar-refractivity contribution is -0.142. The lowest BCUT2D eigenvalue weighted by Crippen LogP contribution is -2.32. The maximum Gasteiger partial charge on any atom is 0.306 e. The Hall–Kier alpha value is -1.01. The van der Waals surface area contributed by atoms with Crippen LogP contribution in [0.25, 0.3) is 0 Å². The normalized spacial score (nSPS) is 12.4. The summed E-state index contributed by atoms with van der Waals surface area (Å²) in [6, 6.07) is 0.391. The summed E-state index contributed by atoms with van der Waals surface area (Å²) < 4.78 is 5.31. The Labute approximate surface area is 247 Å². The molecular weight excluding hydrogens is 504 g/mol. The fraction of sp³-hybridized carbons (Fsp3) is 0.879. The van der Waals surface area contributed by atoms with Gasteiger partial charge >= 0.3 is 5.97 Å². The summed E-state index contributed by atoms with van der Waals surface area (Å²) in [5.74, 6) is 0.752. The van der Waals surface area contributed by atoms with Crippen LogP contribution in [0.1, 0.15) is 143 Å². The summed E-state index contributed by atoms with van der Waals surface area (Å²) in [6.07, 6.45) is 26.2. The van der Waals surface area contributed by atoms with Gasteiger partial charge in [-0.1, -0.05) is 121 Å². The minimum Gasteiger partial charge on any atom is -0.461 e. The van der Waals surface area contributed by atoms with Gasteiger partial charge in [0.05, 0.1) is 0 Å². The van der Waals surface area contributed by atoms with Crippen molar-refractivity contribution in [3.8, 4) is 0 Å². The number of nitrogens with zero attached hydrogens (tertiary/aromatic N) is 2. The molecule has 5 nitrogen and oxygen atoms in total. The average Bonchev–Trinajstić information content (AvgIpc) is 2.92. The highest BCUT2D eigenvalue weighted by Crippen LogP contribution is 2.16. The zero-order valence-corrected chi connectivity index (χ0v) is 27.3. The summed E-state index contributed by atoms with van der Waals surface area (Å²) in [7, 11) is 4.14. The van der Waals surface area contributed by atoms with Gasteiger partial charge in [-0.3, -0.25) is 9.59 Å². The second kappa shape index (κ2) is 28.5. The fourth-order valence-electron chi connectivity index (χ4n) is 4.35. The Morgan fingerprint density at radius 2 is 1.23 bits per heavy atom. The maximum absolute atomic E-state index is 13.0. The van der Waals surface area contributed by atoms with Crippen LogP contribution in [0.3, 0.4) is 0 Å². The average molecular weight is 569 g/mol. The van der Waals surface area contributed by atoms with Crippen LogP contribution in [-0.4, -0.2) is 66.6 Å². The van der Waals surface area contributed by atoms with E-state index in [1.165, 1.54) is 82.4 Å². The molecule has 0 heterocycles. The molecule has 230 valence electrons. The molecule has 0 aromatic carbocycles. The topological polar surface area (TPSA) is 49.9 Å². The van der Waals surface area contributed by atoms with Crippen molar-refractivity contribution in [3.63, 3.8) is 0 Å². The lowest BCUT2D eigenvalue weighted by Gasteiger charge is -2.24. The molecule has 1 amide bonds. The molecule has 39 heavy (non-hydrogen) atoms. The number of esters is 1.